The fourth-order valence-electron chi connectivity index (χ4n) is 1.89. The molecule has 0 spiro atoms. The van der Waals surface area contributed by atoms with Crippen molar-refractivity contribution < 1.29 is 1.37 Å². The first kappa shape index (κ1) is 9.41. The Morgan fingerprint density at radius 2 is 2.07 bits per heavy atom. The van der Waals surface area contributed by atoms with Gasteiger partial charge < -0.3 is 0 Å². The summed E-state index contributed by atoms with van der Waals surface area (Å²) in [5, 5.41) is 1.17. The molecule has 2 aromatic rings. The molecule has 0 amide bonds. The first-order valence-corrected chi connectivity index (χ1v) is 6.18. The fraction of sp³-hybridized carbons (Fsp3) is 0.429. The van der Waals surface area contributed by atoms with E-state index in [1.165, 1.54) is 15.6 Å². The van der Waals surface area contributed by atoms with Crippen LogP contribution in [0.15, 0.2) is 24.2 Å². The van der Waals surface area contributed by atoms with Gasteiger partial charge in [-0.1, -0.05) is 32.9 Å². The summed E-state index contributed by atoms with van der Waals surface area (Å²) in [6, 6.07) is 7.12. The lowest BCUT2D eigenvalue weighted by atomic mass is 9.87. The second-order valence-electron chi connectivity index (χ2n) is 5.31. The molecule has 0 aliphatic carbocycles. The number of aryl methyl sites for hydroxylation is 1. The van der Waals surface area contributed by atoms with E-state index >= 15 is 0 Å². The average molecular weight is 219 g/mol. The van der Waals surface area contributed by atoms with E-state index in [4.69, 9.17) is 1.37 Å². The SMILES string of the molecule is [2H]c1c(C)sc2cccc(CC(C)(C)C)c12. The number of hydrogen-bond acceptors (Lipinski definition) is 1. The molecule has 1 heteroatoms. The molecule has 0 unspecified atom stereocenters. The Morgan fingerprint density at radius 3 is 2.73 bits per heavy atom. The number of rotatable bonds is 1. The zero-order chi connectivity index (χ0) is 11.9. The largest absolute Gasteiger partial charge is 0.141 e. The van der Waals surface area contributed by atoms with Crippen LogP contribution in [0.3, 0.4) is 0 Å². The maximum Gasteiger partial charge on any atom is 0.0641 e. The first-order valence-electron chi connectivity index (χ1n) is 5.86. The van der Waals surface area contributed by atoms with Gasteiger partial charge in [0.1, 0.15) is 0 Å². The Hall–Kier alpha value is -0.820. The number of benzene rings is 1. The van der Waals surface area contributed by atoms with Crippen LogP contribution < -0.4 is 0 Å². The maximum atomic E-state index is 8.13. The zero-order valence-electron chi connectivity index (χ0n) is 10.8. The van der Waals surface area contributed by atoms with Crippen LogP contribution in [-0.4, -0.2) is 0 Å². The molecule has 0 fully saturated rings. The average Bonchev–Trinajstić information content (AvgIpc) is 2.41. The predicted octanol–water partition coefficient (Wildman–Crippen LogP) is 4.80. The van der Waals surface area contributed by atoms with Crippen molar-refractivity contribution in [1.82, 2.24) is 0 Å². The highest BCUT2D eigenvalue weighted by atomic mass is 32.1. The number of thiophene rings is 1. The molecule has 2 rings (SSSR count). The van der Waals surface area contributed by atoms with Crippen LogP contribution in [0.5, 0.6) is 0 Å². The third-order valence-electron chi connectivity index (χ3n) is 2.40. The molecule has 0 aliphatic rings. The van der Waals surface area contributed by atoms with Gasteiger partial charge >= 0.3 is 0 Å². The predicted molar refractivity (Wildman–Crippen MR) is 69.7 cm³/mol. The van der Waals surface area contributed by atoms with Crippen LogP contribution in [0.4, 0.5) is 0 Å². The van der Waals surface area contributed by atoms with Crippen LogP contribution >= 0.6 is 11.3 Å². The van der Waals surface area contributed by atoms with E-state index in [2.05, 4.69) is 39.0 Å². The van der Waals surface area contributed by atoms with Crippen molar-refractivity contribution >= 4 is 21.4 Å². The van der Waals surface area contributed by atoms with Crippen LogP contribution in [0, 0.1) is 12.3 Å². The normalized spacial score (nSPS) is 13.2. The summed E-state index contributed by atoms with van der Waals surface area (Å²) in [5.74, 6) is 0. The van der Waals surface area contributed by atoms with Crippen molar-refractivity contribution in [3.63, 3.8) is 0 Å². The van der Waals surface area contributed by atoms with E-state index in [1.54, 1.807) is 11.3 Å². The van der Waals surface area contributed by atoms with E-state index in [0.29, 0.717) is 0 Å². The minimum Gasteiger partial charge on any atom is -0.141 e. The summed E-state index contributed by atoms with van der Waals surface area (Å²) in [4.78, 5) is 1.12. The van der Waals surface area contributed by atoms with Crippen molar-refractivity contribution in [2.75, 3.05) is 0 Å². The molecule has 0 aliphatic heterocycles. The van der Waals surface area contributed by atoms with Crippen LogP contribution in [0.25, 0.3) is 10.1 Å². The monoisotopic (exact) mass is 219 g/mol. The van der Waals surface area contributed by atoms with Gasteiger partial charge in [-0.3, -0.25) is 0 Å². The van der Waals surface area contributed by atoms with Crippen LogP contribution in [-0.2, 0) is 6.42 Å². The van der Waals surface area contributed by atoms with Crippen molar-refractivity contribution in [3.8, 4) is 0 Å². The summed E-state index contributed by atoms with van der Waals surface area (Å²) in [6.07, 6.45) is 1.03. The first-order chi connectivity index (χ1) is 7.38. The topological polar surface area (TPSA) is 0 Å². The van der Waals surface area contributed by atoms with Gasteiger partial charge in [0.25, 0.3) is 0 Å². The molecular weight excluding hydrogens is 200 g/mol. The third kappa shape index (κ3) is 2.40. The molecule has 0 nitrogen and oxygen atoms in total. The Morgan fingerprint density at radius 1 is 1.33 bits per heavy atom. The molecule has 0 N–H and O–H groups in total. The fourth-order valence-corrected chi connectivity index (χ4v) is 2.80. The molecular formula is C14H18S. The molecule has 80 valence electrons. The summed E-state index contributed by atoms with van der Waals surface area (Å²) in [7, 11) is 0. The lowest BCUT2D eigenvalue weighted by molar-refractivity contribution is 0.412. The maximum absolute atomic E-state index is 8.13. The van der Waals surface area contributed by atoms with Crippen molar-refractivity contribution in [1.29, 1.82) is 0 Å². The molecule has 0 bridgehead atoms. The van der Waals surface area contributed by atoms with Gasteiger partial charge in [-0.25, -0.2) is 0 Å². The Bertz CT molecular complexity index is 517. The van der Waals surface area contributed by atoms with Crippen molar-refractivity contribution in [2.45, 2.75) is 34.1 Å². The molecule has 15 heavy (non-hydrogen) atoms. The van der Waals surface area contributed by atoms with Gasteiger partial charge in [0.05, 0.1) is 1.37 Å². The summed E-state index contributed by atoms with van der Waals surface area (Å²) in [6.45, 7) is 8.77. The van der Waals surface area contributed by atoms with Gasteiger partial charge in [0.15, 0.2) is 0 Å². The highest BCUT2D eigenvalue weighted by Gasteiger charge is 2.13. The molecule has 0 saturated heterocycles. The van der Waals surface area contributed by atoms with Gasteiger partial charge in [0.2, 0.25) is 0 Å². The summed E-state index contributed by atoms with van der Waals surface area (Å²) >= 11 is 1.73. The van der Waals surface area contributed by atoms with Crippen LogP contribution in [0.2, 0.25) is 0 Å². The standard InChI is InChI=1S/C14H18S/c1-10-8-12-11(9-14(2,3)4)6-5-7-13(12)15-10/h5-8H,9H2,1-4H3/i8D. The van der Waals surface area contributed by atoms with E-state index in [9.17, 15) is 0 Å². The number of fused-ring (bicyclic) bond motifs is 1. The molecule has 1 aromatic heterocycles. The van der Waals surface area contributed by atoms with Gasteiger partial charge in [-0.15, -0.1) is 11.3 Å². The van der Waals surface area contributed by atoms with Crippen molar-refractivity contribution in [3.05, 3.63) is 34.7 Å². The van der Waals surface area contributed by atoms with Gasteiger partial charge in [-0.2, -0.15) is 0 Å². The van der Waals surface area contributed by atoms with E-state index in [1.807, 2.05) is 6.92 Å². The molecule has 0 radical (unpaired) electrons. The Labute approximate surface area is 97.3 Å². The van der Waals surface area contributed by atoms with Crippen LogP contribution in [0.1, 0.15) is 32.6 Å². The minimum absolute atomic E-state index is 0.274. The summed E-state index contributed by atoms with van der Waals surface area (Å²) in [5.41, 5.74) is 1.59. The molecule has 1 aromatic carbocycles. The Balaban J connectivity index is 2.61. The highest BCUT2D eigenvalue weighted by Crippen LogP contribution is 2.31. The highest BCUT2D eigenvalue weighted by molar-refractivity contribution is 7.19. The minimum atomic E-state index is 0.274. The second-order valence-corrected chi connectivity index (χ2v) is 6.57. The summed E-state index contributed by atoms with van der Waals surface area (Å²) < 4.78 is 9.38. The van der Waals surface area contributed by atoms with Gasteiger partial charge in [-0.05, 0) is 41.8 Å². The third-order valence-corrected chi connectivity index (χ3v) is 3.37. The lowest BCUT2D eigenvalue weighted by Crippen LogP contribution is -2.09. The quantitative estimate of drug-likeness (QED) is 0.646. The lowest BCUT2D eigenvalue weighted by Gasteiger charge is -2.18. The molecule has 1 heterocycles. The van der Waals surface area contributed by atoms with Gasteiger partial charge in [0, 0.05) is 9.58 Å². The second kappa shape index (κ2) is 3.64. The van der Waals surface area contributed by atoms with E-state index in [-0.39, 0.29) is 5.41 Å². The van der Waals surface area contributed by atoms with Crippen molar-refractivity contribution in [2.24, 2.45) is 5.41 Å². The van der Waals surface area contributed by atoms with E-state index < -0.39 is 0 Å². The Kier molecular flexibility index (Phi) is 2.28. The zero-order valence-corrected chi connectivity index (χ0v) is 10.7. The molecule has 0 saturated carbocycles. The van der Waals surface area contributed by atoms with E-state index in [0.717, 1.165) is 17.3 Å². The smallest absolute Gasteiger partial charge is 0.0641 e. The number of hydrogen-bond donors (Lipinski definition) is 0. The molecule has 0 atom stereocenters.